The molecule has 2 aliphatic rings. The minimum absolute atomic E-state index is 0.00997. The highest BCUT2D eigenvalue weighted by Crippen LogP contribution is 2.30. The van der Waals surface area contributed by atoms with Gasteiger partial charge in [-0.05, 0) is 57.2 Å². The first-order valence-electron chi connectivity index (χ1n) is 12.3. The van der Waals surface area contributed by atoms with Crippen molar-refractivity contribution in [3.8, 4) is 16.9 Å². The van der Waals surface area contributed by atoms with Crippen molar-refractivity contribution < 1.29 is 9.59 Å². The lowest BCUT2D eigenvalue weighted by Crippen LogP contribution is -2.43. The number of aryl methyl sites for hydroxylation is 2. The van der Waals surface area contributed by atoms with Crippen molar-refractivity contribution in [3.63, 3.8) is 0 Å². The van der Waals surface area contributed by atoms with Crippen LogP contribution in [-0.4, -0.2) is 57.6 Å². The zero-order valence-corrected chi connectivity index (χ0v) is 20.0. The van der Waals surface area contributed by atoms with Gasteiger partial charge in [0, 0.05) is 43.9 Å². The molecule has 3 aromatic rings. The summed E-state index contributed by atoms with van der Waals surface area (Å²) < 4.78 is 1.80. The van der Waals surface area contributed by atoms with Gasteiger partial charge in [-0.3, -0.25) is 9.59 Å². The minimum Gasteiger partial charge on any atom is -0.342 e. The van der Waals surface area contributed by atoms with E-state index >= 15 is 0 Å². The number of hydrogen-bond donors (Lipinski definition) is 0. The van der Waals surface area contributed by atoms with E-state index < -0.39 is 0 Å². The summed E-state index contributed by atoms with van der Waals surface area (Å²) in [7, 11) is 0. The average Bonchev–Trinajstić information content (AvgIpc) is 3.55. The first-order valence-corrected chi connectivity index (χ1v) is 12.3. The highest BCUT2D eigenvalue weighted by atomic mass is 16.2. The van der Waals surface area contributed by atoms with Crippen LogP contribution in [0.1, 0.15) is 47.2 Å². The van der Waals surface area contributed by atoms with Gasteiger partial charge in [-0.2, -0.15) is 5.10 Å². The molecule has 6 heteroatoms. The Labute approximate surface area is 201 Å². The smallest absolute Gasteiger partial charge is 0.257 e. The van der Waals surface area contributed by atoms with Crippen LogP contribution in [0.5, 0.6) is 0 Å². The molecule has 6 nitrogen and oxygen atoms in total. The van der Waals surface area contributed by atoms with Crippen molar-refractivity contribution in [3.05, 3.63) is 71.4 Å². The molecule has 2 aromatic carbocycles. The molecule has 0 saturated carbocycles. The predicted molar refractivity (Wildman–Crippen MR) is 133 cm³/mol. The van der Waals surface area contributed by atoms with Gasteiger partial charge in [0.15, 0.2) is 0 Å². The van der Waals surface area contributed by atoms with E-state index in [0.29, 0.717) is 24.3 Å². The molecule has 0 bridgehead atoms. The molecule has 0 unspecified atom stereocenters. The Bertz CT molecular complexity index is 1190. The molecule has 0 aliphatic carbocycles. The van der Waals surface area contributed by atoms with Crippen molar-refractivity contribution >= 4 is 11.8 Å². The van der Waals surface area contributed by atoms with Gasteiger partial charge in [-0.25, -0.2) is 4.68 Å². The van der Waals surface area contributed by atoms with Crippen molar-refractivity contribution in [2.24, 2.45) is 5.92 Å². The van der Waals surface area contributed by atoms with Crippen LogP contribution in [0.25, 0.3) is 16.9 Å². The Morgan fingerprint density at radius 3 is 2.26 bits per heavy atom. The van der Waals surface area contributed by atoms with E-state index in [0.717, 1.165) is 55.6 Å². The third-order valence-corrected chi connectivity index (χ3v) is 7.15. The second-order valence-corrected chi connectivity index (χ2v) is 9.59. The molecule has 5 rings (SSSR count). The Morgan fingerprint density at radius 2 is 1.59 bits per heavy atom. The van der Waals surface area contributed by atoms with Crippen LogP contribution in [0.2, 0.25) is 0 Å². The summed E-state index contributed by atoms with van der Waals surface area (Å²) in [6, 6.07) is 16.1. The van der Waals surface area contributed by atoms with Gasteiger partial charge < -0.3 is 9.80 Å². The molecule has 1 aromatic heterocycles. The lowest BCUT2D eigenvalue weighted by Gasteiger charge is -2.33. The fourth-order valence-electron chi connectivity index (χ4n) is 5.22. The van der Waals surface area contributed by atoms with Gasteiger partial charge in [0.25, 0.3) is 5.91 Å². The van der Waals surface area contributed by atoms with Crippen LogP contribution >= 0.6 is 0 Å². The summed E-state index contributed by atoms with van der Waals surface area (Å²) in [5.41, 5.74) is 5.50. The fourth-order valence-corrected chi connectivity index (χ4v) is 5.22. The first kappa shape index (κ1) is 22.4. The normalized spacial score (nSPS) is 16.8. The van der Waals surface area contributed by atoms with E-state index in [1.807, 2.05) is 46.3 Å². The second-order valence-electron chi connectivity index (χ2n) is 9.59. The van der Waals surface area contributed by atoms with Crippen LogP contribution in [0.15, 0.2) is 54.7 Å². The Hall–Kier alpha value is -3.41. The molecule has 2 amide bonds. The molecule has 3 heterocycles. The van der Waals surface area contributed by atoms with Crippen molar-refractivity contribution in [1.82, 2.24) is 19.6 Å². The number of hydrogen-bond acceptors (Lipinski definition) is 3. The summed E-state index contributed by atoms with van der Waals surface area (Å²) in [5, 5.41) is 4.86. The van der Waals surface area contributed by atoms with Gasteiger partial charge in [0.2, 0.25) is 5.91 Å². The standard InChI is InChI=1S/C28H32N4O2/c1-20-10-11-24(21(2)18-20)26-25(19-32(29-26)23-8-4-3-5-9-23)28(34)31-16-12-22(13-17-31)27(33)30-14-6-7-15-30/h3-5,8-11,18-19,22H,6-7,12-17H2,1-2H3. The molecule has 0 radical (unpaired) electrons. The number of piperidine rings is 1. The van der Waals surface area contributed by atoms with Crippen LogP contribution in [0, 0.1) is 19.8 Å². The van der Waals surface area contributed by atoms with Crippen molar-refractivity contribution in [2.75, 3.05) is 26.2 Å². The van der Waals surface area contributed by atoms with E-state index in [-0.39, 0.29) is 17.7 Å². The van der Waals surface area contributed by atoms with E-state index in [4.69, 9.17) is 5.10 Å². The highest BCUT2D eigenvalue weighted by molar-refractivity contribution is 6.00. The topological polar surface area (TPSA) is 58.4 Å². The van der Waals surface area contributed by atoms with E-state index in [1.165, 1.54) is 5.56 Å². The Balaban J connectivity index is 1.41. The molecule has 0 N–H and O–H groups in total. The molecular formula is C28H32N4O2. The number of para-hydroxylation sites is 1. The summed E-state index contributed by atoms with van der Waals surface area (Å²) in [4.78, 5) is 30.4. The van der Waals surface area contributed by atoms with Crippen LogP contribution in [-0.2, 0) is 4.79 Å². The maximum absolute atomic E-state index is 13.7. The molecule has 34 heavy (non-hydrogen) atoms. The number of rotatable bonds is 4. The third-order valence-electron chi connectivity index (χ3n) is 7.15. The summed E-state index contributed by atoms with van der Waals surface area (Å²) in [6.07, 6.45) is 5.53. The summed E-state index contributed by atoms with van der Waals surface area (Å²) in [5.74, 6) is 0.301. The average molecular weight is 457 g/mol. The number of nitrogens with zero attached hydrogens (tertiary/aromatic N) is 4. The monoisotopic (exact) mass is 456 g/mol. The van der Waals surface area contributed by atoms with Gasteiger partial charge in [0.1, 0.15) is 5.69 Å². The van der Waals surface area contributed by atoms with Gasteiger partial charge >= 0.3 is 0 Å². The van der Waals surface area contributed by atoms with Crippen molar-refractivity contribution in [2.45, 2.75) is 39.5 Å². The maximum Gasteiger partial charge on any atom is 0.257 e. The quantitative estimate of drug-likeness (QED) is 0.575. The molecule has 0 atom stereocenters. The van der Waals surface area contributed by atoms with Gasteiger partial charge in [0.05, 0.1) is 11.3 Å². The maximum atomic E-state index is 13.7. The lowest BCUT2D eigenvalue weighted by atomic mass is 9.94. The highest BCUT2D eigenvalue weighted by Gasteiger charge is 2.33. The molecule has 2 saturated heterocycles. The van der Waals surface area contributed by atoms with Crippen LogP contribution in [0.3, 0.4) is 0 Å². The number of carbonyl (C=O) groups excluding carboxylic acids is 2. The summed E-state index contributed by atoms with van der Waals surface area (Å²) in [6.45, 7) is 7.11. The SMILES string of the molecule is Cc1ccc(-c2nn(-c3ccccc3)cc2C(=O)N2CCC(C(=O)N3CCCC3)CC2)c(C)c1. The van der Waals surface area contributed by atoms with Crippen LogP contribution in [0.4, 0.5) is 0 Å². The molecule has 0 spiro atoms. The summed E-state index contributed by atoms with van der Waals surface area (Å²) >= 11 is 0. The van der Waals surface area contributed by atoms with Crippen LogP contribution < -0.4 is 0 Å². The second kappa shape index (κ2) is 9.45. The third kappa shape index (κ3) is 4.37. The molecule has 176 valence electrons. The van der Waals surface area contributed by atoms with Gasteiger partial charge in [-0.15, -0.1) is 0 Å². The number of amides is 2. The minimum atomic E-state index is -0.00997. The number of carbonyl (C=O) groups is 2. The van der Waals surface area contributed by atoms with Gasteiger partial charge in [-0.1, -0.05) is 42.0 Å². The lowest BCUT2D eigenvalue weighted by molar-refractivity contribution is -0.135. The zero-order valence-electron chi connectivity index (χ0n) is 20.0. The predicted octanol–water partition coefficient (Wildman–Crippen LogP) is 4.63. The zero-order chi connectivity index (χ0) is 23.7. The first-order chi connectivity index (χ1) is 16.5. The number of likely N-dealkylation sites (tertiary alicyclic amines) is 2. The van der Waals surface area contributed by atoms with E-state index in [2.05, 4.69) is 32.0 Å². The fraction of sp³-hybridized carbons (Fsp3) is 0.393. The number of aromatic nitrogens is 2. The molecular weight excluding hydrogens is 424 g/mol. The Kier molecular flexibility index (Phi) is 6.22. The van der Waals surface area contributed by atoms with E-state index in [1.54, 1.807) is 4.68 Å². The molecule has 2 fully saturated rings. The number of benzene rings is 2. The van der Waals surface area contributed by atoms with Crippen molar-refractivity contribution in [1.29, 1.82) is 0 Å². The Morgan fingerprint density at radius 1 is 0.882 bits per heavy atom. The molecule has 2 aliphatic heterocycles. The largest absolute Gasteiger partial charge is 0.342 e. The van der Waals surface area contributed by atoms with E-state index in [9.17, 15) is 9.59 Å².